The van der Waals surface area contributed by atoms with Crippen LogP contribution in [-0.2, 0) is 11.3 Å². The Morgan fingerprint density at radius 3 is 2.67 bits per heavy atom. The molecule has 1 aromatic heterocycles. The summed E-state index contributed by atoms with van der Waals surface area (Å²) in [6, 6.07) is 9.42. The number of carbonyl (C=O) groups excluding carboxylic acids is 2. The van der Waals surface area contributed by atoms with Gasteiger partial charge < -0.3 is 10.6 Å². The van der Waals surface area contributed by atoms with Crippen molar-refractivity contribution in [2.45, 2.75) is 6.54 Å². The van der Waals surface area contributed by atoms with Gasteiger partial charge in [-0.1, -0.05) is 12.1 Å². The molecule has 0 saturated carbocycles. The normalized spacial score (nSPS) is 10.2. The predicted octanol–water partition coefficient (Wildman–Crippen LogP) is 2.70. The summed E-state index contributed by atoms with van der Waals surface area (Å²) in [4.78, 5) is 23.9. The van der Waals surface area contributed by atoms with E-state index in [9.17, 15) is 14.0 Å². The molecule has 0 fully saturated rings. The first-order valence-corrected chi connectivity index (χ1v) is 7.70. The van der Waals surface area contributed by atoms with Crippen LogP contribution >= 0.6 is 27.3 Å². The lowest BCUT2D eigenvalue weighted by Gasteiger charge is -2.06. The molecule has 0 spiro atoms. The molecule has 110 valence electrons. The van der Waals surface area contributed by atoms with Gasteiger partial charge in [-0.2, -0.15) is 0 Å². The van der Waals surface area contributed by atoms with Crippen LogP contribution in [0.2, 0.25) is 0 Å². The minimum atomic E-state index is -0.349. The summed E-state index contributed by atoms with van der Waals surface area (Å²) < 4.78 is 13.8. The monoisotopic (exact) mass is 370 g/mol. The highest BCUT2D eigenvalue weighted by Crippen LogP contribution is 2.21. The van der Waals surface area contributed by atoms with Gasteiger partial charge in [-0.3, -0.25) is 9.59 Å². The van der Waals surface area contributed by atoms with Crippen LogP contribution in [0.15, 0.2) is 40.2 Å². The van der Waals surface area contributed by atoms with Gasteiger partial charge >= 0.3 is 0 Å². The summed E-state index contributed by atoms with van der Waals surface area (Å²) in [5, 5.41) is 5.14. The van der Waals surface area contributed by atoms with Crippen LogP contribution < -0.4 is 10.6 Å². The first kappa shape index (κ1) is 15.7. The number of benzene rings is 1. The van der Waals surface area contributed by atoms with Gasteiger partial charge in [0.15, 0.2) is 0 Å². The predicted molar refractivity (Wildman–Crippen MR) is 82.6 cm³/mol. The maximum Gasteiger partial charge on any atom is 0.261 e. The molecule has 2 N–H and O–H groups in total. The van der Waals surface area contributed by atoms with E-state index in [2.05, 4.69) is 26.6 Å². The van der Waals surface area contributed by atoms with Crippen molar-refractivity contribution >= 4 is 39.1 Å². The molecule has 0 saturated heterocycles. The highest BCUT2D eigenvalue weighted by atomic mass is 79.9. The Morgan fingerprint density at radius 1 is 1.19 bits per heavy atom. The number of amides is 2. The highest BCUT2D eigenvalue weighted by molar-refractivity contribution is 9.11. The van der Waals surface area contributed by atoms with E-state index in [-0.39, 0.29) is 30.7 Å². The Hall–Kier alpha value is -1.73. The Labute approximate surface area is 133 Å². The van der Waals surface area contributed by atoms with Crippen LogP contribution in [0.5, 0.6) is 0 Å². The quantitative estimate of drug-likeness (QED) is 0.849. The molecule has 2 aromatic rings. The molecule has 1 aromatic carbocycles. The number of thiophene rings is 1. The van der Waals surface area contributed by atoms with Crippen LogP contribution in [0, 0.1) is 5.82 Å². The van der Waals surface area contributed by atoms with E-state index >= 15 is 0 Å². The molecule has 4 nitrogen and oxygen atoms in total. The molecule has 21 heavy (non-hydrogen) atoms. The van der Waals surface area contributed by atoms with Gasteiger partial charge in [0.1, 0.15) is 5.82 Å². The van der Waals surface area contributed by atoms with Gasteiger partial charge in [0, 0.05) is 6.54 Å². The van der Waals surface area contributed by atoms with Crippen molar-refractivity contribution in [3.8, 4) is 0 Å². The van der Waals surface area contributed by atoms with Gasteiger partial charge in [-0.15, -0.1) is 11.3 Å². The van der Waals surface area contributed by atoms with E-state index < -0.39 is 0 Å². The summed E-state index contributed by atoms with van der Waals surface area (Å²) in [7, 11) is 0. The van der Waals surface area contributed by atoms with Crippen molar-refractivity contribution in [1.29, 1.82) is 0 Å². The van der Waals surface area contributed by atoms with E-state index in [0.29, 0.717) is 10.4 Å². The van der Waals surface area contributed by atoms with Crippen molar-refractivity contribution in [2.24, 2.45) is 0 Å². The average Bonchev–Trinajstić information content (AvgIpc) is 2.89. The number of rotatable bonds is 5. The van der Waals surface area contributed by atoms with Gasteiger partial charge in [0.05, 0.1) is 15.2 Å². The van der Waals surface area contributed by atoms with E-state index in [4.69, 9.17) is 0 Å². The highest BCUT2D eigenvalue weighted by Gasteiger charge is 2.10. The lowest BCUT2D eigenvalue weighted by Crippen LogP contribution is -2.36. The zero-order valence-corrected chi connectivity index (χ0v) is 13.3. The average molecular weight is 371 g/mol. The molecule has 0 aliphatic rings. The number of hydrogen-bond acceptors (Lipinski definition) is 3. The van der Waals surface area contributed by atoms with Crippen molar-refractivity contribution < 1.29 is 14.0 Å². The van der Waals surface area contributed by atoms with Gasteiger partial charge in [0.25, 0.3) is 5.91 Å². The fourth-order valence-corrected chi connectivity index (χ4v) is 2.90. The topological polar surface area (TPSA) is 58.2 Å². The van der Waals surface area contributed by atoms with Crippen LogP contribution in [0.3, 0.4) is 0 Å². The third-order valence-electron chi connectivity index (χ3n) is 2.59. The Kier molecular flexibility index (Phi) is 5.46. The minimum Gasteiger partial charge on any atom is -0.350 e. The smallest absolute Gasteiger partial charge is 0.261 e. The van der Waals surface area contributed by atoms with Gasteiger partial charge in [0.2, 0.25) is 5.91 Å². The number of hydrogen-bond donors (Lipinski definition) is 2. The standard InChI is InChI=1S/C14H12BrFN2O2S/c15-12-5-4-11(21-12)14(20)18-8-13(19)17-7-9-2-1-3-10(16)6-9/h1-6H,7-8H2,(H,17,19)(H,18,20). The molecule has 1 heterocycles. The first-order valence-electron chi connectivity index (χ1n) is 6.09. The van der Waals surface area contributed by atoms with E-state index in [1.807, 2.05) is 0 Å². The maximum atomic E-state index is 13.0. The van der Waals surface area contributed by atoms with Crippen molar-refractivity contribution in [1.82, 2.24) is 10.6 Å². The molecule has 2 rings (SSSR count). The Morgan fingerprint density at radius 2 is 2.00 bits per heavy atom. The SMILES string of the molecule is O=C(CNC(=O)c1ccc(Br)s1)NCc1cccc(F)c1. The van der Waals surface area contributed by atoms with Crippen molar-refractivity contribution in [2.75, 3.05) is 6.54 Å². The maximum absolute atomic E-state index is 13.0. The molecular formula is C14H12BrFN2O2S. The summed E-state index contributed by atoms with van der Waals surface area (Å²) in [5.74, 6) is -0.979. The minimum absolute atomic E-state index is 0.121. The molecule has 7 heteroatoms. The number of nitrogens with one attached hydrogen (secondary N) is 2. The lowest BCUT2D eigenvalue weighted by atomic mass is 10.2. The molecule has 0 bridgehead atoms. The van der Waals surface area contributed by atoms with Gasteiger partial charge in [-0.05, 0) is 45.8 Å². The second-order valence-electron chi connectivity index (χ2n) is 4.19. The second kappa shape index (κ2) is 7.33. The Balaban J connectivity index is 1.76. The fraction of sp³-hybridized carbons (Fsp3) is 0.143. The number of carbonyl (C=O) groups is 2. The van der Waals surface area contributed by atoms with Crippen LogP contribution in [-0.4, -0.2) is 18.4 Å². The van der Waals surface area contributed by atoms with Crippen LogP contribution in [0.4, 0.5) is 4.39 Å². The zero-order valence-electron chi connectivity index (χ0n) is 10.9. The third kappa shape index (κ3) is 4.95. The fourth-order valence-electron chi connectivity index (χ4n) is 1.59. The summed E-state index contributed by atoms with van der Waals surface area (Å²) >= 11 is 4.56. The van der Waals surface area contributed by atoms with E-state index in [1.165, 1.54) is 23.5 Å². The van der Waals surface area contributed by atoms with Crippen LogP contribution in [0.1, 0.15) is 15.2 Å². The summed E-state index contributed by atoms with van der Waals surface area (Å²) in [6.45, 7) is 0.0979. The molecule has 0 unspecified atom stereocenters. The Bertz CT molecular complexity index is 660. The van der Waals surface area contributed by atoms with Crippen molar-refractivity contribution in [3.05, 3.63) is 56.4 Å². The molecule has 0 atom stereocenters. The zero-order chi connectivity index (χ0) is 15.2. The second-order valence-corrected chi connectivity index (χ2v) is 6.66. The van der Waals surface area contributed by atoms with Gasteiger partial charge in [-0.25, -0.2) is 4.39 Å². The molecule has 0 aliphatic heterocycles. The van der Waals surface area contributed by atoms with Crippen molar-refractivity contribution in [3.63, 3.8) is 0 Å². The van der Waals surface area contributed by atoms with E-state index in [1.54, 1.807) is 24.3 Å². The third-order valence-corrected chi connectivity index (χ3v) is 4.21. The first-order chi connectivity index (χ1) is 10.0. The number of halogens is 2. The van der Waals surface area contributed by atoms with Crippen LogP contribution in [0.25, 0.3) is 0 Å². The molecule has 0 radical (unpaired) electrons. The summed E-state index contributed by atoms with van der Waals surface area (Å²) in [5.41, 5.74) is 0.664. The molecule has 2 amide bonds. The molecule has 0 aliphatic carbocycles. The lowest BCUT2D eigenvalue weighted by molar-refractivity contribution is -0.120. The van der Waals surface area contributed by atoms with E-state index in [0.717, 1.165) is 3.79 Å². The molecular weight excluding hydrogens is 359 g/mol. The largest absolute Gasteiger partial charge is 0.350 e. The summed E-state index contributed by atoms with van der Waals surface area (Å²) in [6.07, 6.45) is 0.